The lowest BCUT2D eigenvalue weighted by Gasteiger charge is -2.13. The molecule has 104 valence electrons. The first-order chi connectivity index (χ1) is 9.76. The van der Waals surface area contributed by atoms with Gasteiger partial charge in [-0.15, -0.1) is 0 Å². The summed E-state index contributed by atoms with van der Waals surface area (Å²) in [7, 11) is 1.71. The number of fused-ring (bicyclic) bond motifs is 1. The van der Waals surface area contributed by atoms with Crippen molar-refractivity contribution in [3.05, 3.63) is 64.7 Å². The lowest BCUT2D eigenvalue weighted by molar-refractivity contribution is 0.414. The van der Waals surface area contributed by atoms with Crippen molar-refractivity contribution in [2.75, 3.05) is 7.11 Å². The van der Waals surface area contributed by atoms with Crippen LogP contribution in [0.2, 0.25) is 0 Å². The predicted molar refractivity (Wildman–Crippen MR) is 86.8 cm³/mol. The summed E-state index contributed by atoms with van der Waals surface area (Å²) in [5.74, 6) is 0.927. The van der Waals surface area contributed by atoms with Crippen LogP contribution in [0.3, 0.4) is 0 Å². The molecule has 0 fully saturated rings. The number of benzene rings is 2. The first-order valence-corrected chi connectivity index (χ1v) is 8.06. The minimum atomic E-state index is 0.362. The highest BCUT2D eigenvalue weighted by atomic mass is 79.9. The van der Waals surface area contributed by atoms with Gasteiger partial charge in [0.05, 0.1) is 7.11 Å². The van der Waals surface area contributed by atoms with Gasteiger partial charge in [0.2, 0.25) is 0 Å². The minimum Gasteiger partial charge on any atom is -0.497 e. The van der Waals surface area contributed by atoms with Gasteiger partial charge in [-0.25, -0.2) is 0 Å². The fourth-order valence-corrected chi connectivity index (χ4v) is 3.57. The van der Waals surface area contributed by atoms with Crippen LogP contribution in [0.5, 0.6) is 5.75 Å². The van der Waals surface area contributed by atoms with E-state index in [1.165, 1.54) is 41.5 Å². The maximum Gasteiger partial charge on any atom is 0.119 e. The Bertz CT molecular complexity index is 606. The van der Waals surface area contributed by atoms with E-state index in [4.69, 9.17) is 4.74 Å². The van der Waals surface area contributed by atoms with Gasteiger partial charge >= 0.3 is 0 Å². The van der Waals surface area contributed by atoms with Gasteiger partial charge in [0.25, 0.3) is 0 Å². The molecule has 0 saturated carbocycles. The smallest absolute Gasteiger partial charge is 0.119 e. The van der Waals surface area contributed by atoms with Crippen LogP contribution >= 0.6 is 15.9 Å². The molecule has 0 bridgehead atoms. The van der Waals surface area contributed by atoms with Gasteiger partial charge in [0.1, 0.15) is 5.75 Å². The highest BCUT2D eigenvalue weighted by Crippen LogP contribution is 2.32. The highest BCUT2D eigenvalue weighted by Gasteiger charge is 2.14. The zero-order chi connectivity index (χ0) is 13.9. The Hall–Kier alpha value is -1.28. The number of ether oxygens (including phenoxy) is 1. The number of methoxy groups -OCH3 is 1. The van der Waals surface area contributed by atoms with Crippen LogP contribution in [0.15, 0.2) is 42.5 Å². The molecule has 3 rings (SSSR count). The largest absolute Gasteiger partial charge is 0.497 e. The van der Waals surface area contributed by atoms with E-state index < -0.39 is 0 Å². The predicted octanol–water partition coefficient (Wildman–Crippen LogP) is 4.86. The fraction of sp³-hybridized carbons (Fsp3) is 0.333. The van der Waals surface area contributed by atoms with Crippen molar-refractivity contribution in [1.29, 1.82) is 0 Å². The minimum absolute atomic E-state index is 0.362. The summed E-state index contributed by atoms with van der Waals surface area (Å²) in [6, 6.07) is 15.3. The molecule has 0 amide bonds. The van der Waals surface area contributed by atoms with Gasteiger partial charge in [0, 0.05) is 4.83 Å². The molecule has 0 saturated heterocycles. The summed E-state index contributed by atoms with van der Waals surface area (Å²) < 4.78 is 5.29. The van der Waals surface area contributed by atoms with E-state index in [2.05, 4.69) is 52.3 Å². The number of alkyl halides is 1. The van der Waals surface area contributed by atoms with Crippen molar-refractivity contribution in [2.24, 2.45) is 0 Å². The number of hydrogen-bond acceptors (Lipinski definition) is 1. The highest BCUT2D eigenvalue weighted by molar-refractivity contribution is 9.09. The van der Waals surface area contributed by atoms with E-state index in [1.54, 1.807) is 7.11 Å². The van der Waals surface area contributed by atoms with E-state index >= 15 is 0 Å². The molecule has 0 spiro atoms. The Morgan fingerprint density at radius 3 is 2.80 bits per heavy atom. The standard InChI is InChI=1S/C18H19BrO/c1-20-17-7-2-4-13(10-17)11-18(19)16-9-8-14-5-3-6-15(14)12-16/h2,4,7-10,12,18H,3,5-6,11H2,1H3. The molecule has 2 aromatic carbocycles. The van der Waals surface area contributed by atoms with Gasteiger partial charge in [-0.1, -0.05) is 46.3 Å². The van der Waals surface area contributed by atoms with Crippen molar-refractivity contribution in [2.45, 2.75) is 30.5 Å². The molecule has 2 heteroatoms. The van der Waals surface area contributed by atoms with Gasteiger partial charge < -0.3 is 4.74 Å². The van der Waals surface area contributed by atoms with Gasteiger partial charge in [0.15, 0.2) is 0 Å². The van der Waals surface area contributed by atoms with Crippen molar-refractivity contribution in [3.8, 4) is 5.75 Å². The van der Waals surface area contributed by atoms with Gasteiger partial charge in [-0.2, -0.15) is 0 Å². The maximum atomic E-state index is 5.29. The molecule has 2 aromatic rings. The summed E-state index contributed by atoms with van der Waals surface area (Å²) in [5, 5.41) is 0. The summed E-state index contributed by atoms with van der Waals surface area (Å²) >= 11 is 3.84. The van der Waals surface area contributed by atoms with Crippen LogP contribution < -0.4 is 4.74 Å². The Morgan fingerprint density at radius 2 is 1.95 bits per heavy atom. The van der Waals surface area contributed by atoms with Crippen LogP contribution in [0.4, 0.5) is 0 Å². The quantitative estimate of drug-likeness (QED) is 0.727. The van der Waals surface area contributed by atoms with Gasteiger partial charge in [-0.3, -0.25) is 0 Å². The summed E-state index contributed by atoms with van der Waals surface area (Å²) in [6.45, 7) is 0. The number of hydrogen-bond donors (Lipinski definition) is 0. The van der Waals surface area contributed by atoms with E-state index in [0.29, 0.717) is 4.83 Å². The lowest BCUT2D eigenvalue weighted by atomic mass is 10.0. The van der Waals surface area contributed by atoms with Gasteiger partial charge in [-0.05, 0) is 60.1 Å². The Kier molecular flexibility index (Phi) is 4.11. The second kappa shape index (κ2) is 6.01. The molecule has 0 heterocycles. The lowest BCUT2D eigenvalue weighted by Crippen LogP contribution is -1.97. The molecular formula is C18H19BrO. The third-order valence-electron chi connectivity index (χ3n) is 4.03. The third kappa shape index (κ3) is 2.90. The van der Waals surface area contributed by atoms with Crippen LogP contribution in [0.1, 0.15) is 33.5 Å². The van der Waals surface area contributed by atoms with E-state index in [-0.39, 0.29) is 0 Å². The molecule has 1 nitrogen and oxygen atoms in total. The number of aryl methyl sites for hydroxylation is 2. The number of halogens is 1. The molecule has 1 unspecified atom stereocenters. The average Bonchev–Trinajstić information content (AvgIpc) is 2.94. The summed E-state index contributed by atoms with van der Waals surface area (Å²) in [5.41, 5.74) is 5.76. The Labute approximate surface area is 129 Å². The SMILES string of the molecule is COc1cccc(CC(Br)c2ccc3c(c2)CCC3)c1. The maximum absolute atomic E-state index is 5.29. The Morgan fingerprint density at radius 1 is 1.10 bits per heavy atom. The molecule has 0 N–H and O–H groups in total. The molecule has 1 atom stereocenters. The second-order valence-electron chi connectivity index (χ2n) is 5.40. The summed E-state index contributed by atoms with van der Waals surface area (Å²) in [4.78, 5) is 0.362. The first kappa shape index (κ1) is 13.7. The molecule has 1 aliphatic rings. The Balaban J connectivity index is 1.77. The zero-order valence-corrected chi connectivity index (χ0v) is 13.3. The third-order valence-corrected chi connectivity index (χ3v) is 4.89. The van der Waals surface area contributed by atoms with E-state index in [0.717, 1.165) is 12.2 Å². The molecular weight excluding hydrogens is 312 g/mol. The van der Waals surface area contributed by atoms with Crippen molar-refractivity contribution < 1.29 is 4.74 Å². The van der Waals surface area contributed by atoms with Crippen molar-refractivity contribution in [1.82, 2.24) is 0 Å². The van der Waals surface area contributed by atoms with Crippen LogP contribution in [0.25, 0.3) is 0 Å². The van der Waals surface area contributed by atoms with Crippen LogP contribution in [-0.2, 0) is 19.3 Å². The monoisotopic (exact) mass is 330 g/mol. The van der Waals surface area contributed by atoms with Crippen LogP contribution in [-0.4, -0.2) is 7.11 Å². The molecule has 20 heavy (non-hydrogen) atoms. The molecule has 0 radical (unpaired) electrons. The summed E-state index contributed by atoms with van der Waals surface area (Å²) in [6.07, 6.45) is 4.78. The second-order valence-corrected chi connectivity index (χ2v) is 6.51. The topological polar surface area (TPSA) is 9.23 Å². The first-order valence-electron chi connectivity index (χ1n) is 7.15. The molecule has 1 aliphatic carbocycles. The zero-order valence-electron chi connectivity index (χ0n) is 11.7. The van der Waals surface area contributed by atoms with Crippen molar-refractivity contribution >= 4 is 15.9 Å². The average molecular weight is 331 g/mol. The fourth-order valence-electron chi connectivity index (χ4n) is 2.91. The molecule has 0 aromatic heterocycles. The van der Waals surface area contributed by atoms with E-state index in [1.807, 2.05) is 6.07 Å². The van der Waals surface area contributed by atoms with E-state index in [9.17, 15) is 0 Å². The number of rotatable bonds is 4. The van der Waals surface area contributed by atoms with Crippen LogP contribution in [0, 0.1) is 0 Å². The normalized spacial score (nSPS) is 14.9. The molecule has 0 aliphatic heterocycles. The van der Waals surface area contributed by atoms with Crippen molar-refractivity contribution in [3.63, 3.8) is 0 Å².